The van der Waals surface area contributed by atoms with E-state index in [1.54, 1.807) is 0 Å². The number of hydrogen-bond donors (Lipinski definition) is 3. The molecule has 0 fully saturated rings. The van der Waals surface area contributed by atoms with Crippen LogP contribution in [0.2, 0.25) is 0 Å². The largest absolute Gasteiger partial charge is 0.468 e. The van der Waals surface area contributed by atoms with E-state index in [1.807, 2.05) is 0 Å². The highest BCUT2D eigenvalue weighted by molar-refractivity contribution is 6.41. The molecule has 4 atom stereocenters. The number of nitrogens with zero attached hydrogens (tertiary/aromatic N) is 1. The summed E-state index contributed by atoms with van der Waals surface area (Å²) in [6.45, 7) is 0.936. The van der Waals surface area contributed by atoms with E-state index in [1.165, 1.54) is 13.0 Å². The van der Waals surface area contributed by atoms with Gasteiger partial charge in [0, 0.05) is 6.54 Å². The number of hydrogen-bond acceptors (Lipinski definition) is 8. The molecular weight excluding hydrogens is 349 g/mol. The molecule has 0 saturated carbocycles. The Morgan fingerprint density at radius 1 is 1.42 bits per heavy atom. The Labute approximate surface area is 151 Å². The van der Waals surface area contributed by atoms with E-state index < -0.39 is 48.1 Å². The SMILES string of the molecule is [B]C1=CC(F)C(F)C(C(C)(N)CN(N)C(C(=N)C(=O)OC)C(=O)OC)=C1. The zero-order chi connectivity index (χ0) is 20.2. The number of halogens is 2. The molecule has 11 heteroatoms. The molecule has 1 rings (SSSR count). The average molecular weight is 370 g/mol. The van der Waals surface area contributed by atoms with Crippen molar-refractivity contribution >= 4 is 25.5 Å². The number of ether oxygens (including phenoxy) is 2. The topological polar surface area (TPSA) is 132 Å². The highest BCUT2D eigenvalue weighted by atomic mass is 19.2. The standard InChI is InChI=1S/C15H21BF2N4O4/c1-15(20,8-4-7(16)5-9(17)10(8)18)6-22(21)12(14(24)26-3)11(19)13(23)25-2/h4-5,9-10,12,19H,6,20-21H2,1-3H3. The third-order valence-electron chi connectivity index (χ3n) is 3.86. The van der Waals surface area contributed by atoms with Crippen LogP contribution < -0.4 is 11.6 Å². The molecule has 2 radical (unpaired) electrons. The Morgan fingerprint density at radius 2 is 2.00 bits per heavy atom. The van der Waals surface area contributed by atoms with Gasteiger partial charge in [-0.15, -0.1) is 0 Å². The van der Waals surface area contributed by atoms with Crippen LogP contribution in [0.15, 0.2) is 23.2 Å². The van der Waals surface area contributed by atoms with Crippen molar-refractivity contribution in [3.63, 3.8) is 0 Å². The maximum Gasteiger partial charge on any atom is 0.354 e. The predicted molar refractivity (Wildman–Crippen MR) is 90.7 cm³/mol. The van der Waals surface area contributed by atoms with Gasteiger partial charge in [-0.25, -0.2) is 23.4 Å². The van der Waals surface area contributed by atoms with Gasteiger partial charge < -0.3 is 15.2 Å². The highest BCUT2D eigenvalue weighted by Crippen LogP contribution is 2.30. The van der Waals surface area contributed by atoms with E-state index in [0.717, 1.165) is 25.3 Å². The van der Waals surface area contributed by atoms with Crippen LogP contribution >= 0.6 is 0 Å². The quantitative estimate of drug-likeness (QED) is 0.177. The summed E-state index contributed by atoms with van der Waals surface area (Å²) < 4.78 is 36.9. The van der Waals surface area contributed by atoms with Crippen LogP contribution in [0, 0.1) is 5.41 Å². The molecule has 0 amide bonds. The van der Waals surface area contributed by atoms with Gasteiger partial charge in [-0.2, -0.15) is 0 Å². The van der Waals surface area contributed by atoms with Crippen molar-refractivity contribution in [3.8, 4) is 0 Å². The van der Waals surface area contributed by atoms with Crippen LogP contribution in [0.1, 0.15) is 6.92 Å². The fraction of sp³-hybridized carbons (Fsp3) is 0.533. The molecule has 8 nitrogen and oxygen atoms in total. The van der Waals surface area contributed by atoms with Gasteiger partial charge in [-0.05, 0) is 12.5 Å². The van der Waals surface area contributed by atoms with E-state index in [2.05, 4.69) is 9.47 Å². The van der Waals surface area contributed by atoms with Crippen molar-refractivity contribution in [1.29, 1.82) is 5.41 Å². The van der Waals surface area contributed by atoms with Gasteiger partial charge in [-0.3, -0.25) is 11.3 Å². The van der Waals surface area contributed by atoms with Gasteiger partial charge >= 0.3 is 11.9 Å². The first kappa shape index (κ1) is 21.9. The maximum atomic E-state index is 14.2. The lowest BCUT2D eigenvalue weighted by Gasteiger charge is -2.37. The number of esters is 2. The molecule has 0 saturated heterocycles. The van der Waals surface area contributed by atoms with Crippen molar-refractivity contribution in [1.82, 2.24) is 5.01 Å². The molecule has 0 aromatic rings. The molecule has 26 heavy (non-hydrogen) atoms. The second-order valence-electron chi connectivity index (χ2n) is 6.03. The molecule has 0 aromatic heterocycles. The third-order valence-corrected chi connectivity index (χ3v) is 3.86. The number of hydrazine groups is 1. The zero-order valence-electron chi connectivity index (χ0n) is 14.7. The molecule has 142 valence electrons. The number of nitrogens with one attached hydrogen (secondary N) is 1. The molecule has 1 aliphatic carbocycles. The highest BCUT2D eigenvalue weighted by Gasteiger charge is 2.41. The van der Waals surface area contributed by atoms with Crippen molar-refractivity contribution in [3.05, 3.63) is 23.2 Å². The Hall–Kier alpha value is -2.11. The lowest BCUT2D eigenvalue weighted by molar-refractivity contribution is -0.146. The maximum absolute atomic E-state index is 14.2. The second-order valence-corrected chi connectivity index (χ2v) is 6.03. The summed E-state index contributed by atoms with van der Waals surface area (Å²) in [5.41, 5.74) is 3.53. The first-order chi connectivity index (χ1) is 12.0. The van der Waals surface area contributed by atoms with Crippen molar-refractivity contribution in [2.75, 3.05) is 20.8 Å². The average Bonchev–Trinajstić information content (AvgIpc) is 2.56. The molecule has 0 aliphatic heterocycles. The number of allylic oxidation sites excluding steroid dienone is 3. The first-order valence-electron chi connectivity index (χ1n) is 7.48. The minimum absolute atomic E-state index is 0.00605. The summed E-state index contributed by atoms with van der Waals surface area (Å²) in [6, 6.07) is -1.65. The van der Waals surface area contributed by atoms with Crippen LogP contribution in [-0.4, -0.2) is 75.2 Å². The van der Waals surface area contributed by atoms with Crippen LogP contribution in [0.5, 0.6) is 0 Å². The van der Waals surface area contributed by atoms with Crippen molar-refractivity contribution in [2.45, 2.75) is 30.8 Å². The number of alkyl halides is 2. The van der Waals surface area contributed by atoms with E-state index in [9.17, 15) is 18.4 Å². The normalized spacial score (nSPS) is 23.4. The monoisotopic (exact) mass is 370 g/mol. The minimum atomic E-state index is -2.05. The number of carbonyl (C=O) groups excluding carboxylic acids is 2. The van der Waals surface area contributed by atoms with Gasteiger partial charge in [-0.1, -0.05) is 17.6 Å². The molecular formula is C15H21BF2N4O4. The fourth-order valence-corrected chi connectivity index (χ4v) is 2.54. The van der Waals surface area contributed by atoms with Crippen molar-refractivity contribution < 1.29 is 27.8 Å². The number of rotatable bonds is 7. The minimum Gasteiger partial charge on any atom is -0.468 e. The summed E-state index contributed by atoms with van der Waals surface area (Å²) in [5, 5.41) is 8.49. The van der Waals surface area contributed by atoms with Gasteiger partial charge in [0.2, 0.25) is 0 Å². The van der Waals surface area contributed by atoms with Gasteiger partial charge in [0.05, 0.1) is 19.8 Å². The van der Waals surface area contributed by atoms with Crippen LogP contribution in [0.25, 0.3) is 0 Å². The predicted octanol–water partition coefficient (Wildman–Crippen LogP) is -0.718. The molecule has 0 heterocycles. The molecule has 0 aromatic carbocycles. The summed E-state index contributed by atoms with van der Waals surface area (Å²) in [4.78, 5) is 23.5. The van der Waals surface area contributed by atoms with Crippen LogP contribution in [-0.2, 0) is 19.1 Å². The second kappa shape index (κ2) is 8.52. The summed E-state index contributed by atoms with van der Waals surface area (Å²) in [5.74, 6) is 3.69. The number of nitrogens with two attached hydrogens (primary N) is 2. The molecule has 1 aliphatic rings. The Kier molecular flexibility index (Phi) is 7.19. The van der Waals surface area contributed by atoms with Crippen LogP contribution in [0.3, 0.4) is 0 Å². The van der Waals surface area contributed by atoms with E-state index in [4.69, 9.17) is 24.8 Å². The van der Waals surface area contributed by atoms with Crippen LogP contribution in [0.4, 0.5) is 8.78 Å². The Morgan fingerprint density at radius 3 is 2.50 bits per heavy atom. The zero-order valence-corrected chi connectivity index (χ0v) is 14.7. The molecule has 4 unspecified atom stereocenters. The first-order valence-corrected chi connectivity index (χ1v) is 7.48. The lowest BCUT2D eigenvalue weighted by Crippen LogP contribution is -2.61. The van der Waals surface area contributed by atoms with Crippen molar-refractivity contribution in [2.24, 2.45) is 11.6 Å². The Balaban J connectivity index is 3.12. The summed E-state index contributed by atoms with van der Waals surface area (Å²) in [6.07, 6.45) is -1.93. The summed E-state index contributed by atoms with van der Waals surface area (Å²) >= 11 is 0. The Bertz CT molecular complexity index is 654. The van der Waals surface area contributed by atoms with Gasteiger partial charge in [0.25, 0.3) is 0 Å². The fourth-order valence-electron chi connectivity index (χ4n) is 2.54. The molecule has 5 N–H and O–H groups in total. The van der Waals surface area contributed by atoms with Gasteiger partial charge in [0.15, 0.2) is 18.4 Å². The summed E-state index contributed by atoms with van der Waals surface area (Å²) in [7, 11) is 7.61. The molecule has 0 spiro atoms. The van der Waals surface area contributed by atoms with Gasteiger partial charge in [0.1, 0.15) is 13.6 Å². The molecule has 0 bridgehead atoms. The van der Waals surface area contributed by atoms with E-state index in [0.29, 0.717) is 0 Å². The van der Waals surface area contributed by atoms with E-state index in [-0.39, 0.29) is 11.0 Å². The third kappa shape index (κ3) is 4.74. The smallest absolute Gasteiger partial charge is 0.354 e. The van der Waals surface area contributed by atoms with E-state index >= 15 is 0 Å². The number of carbonyl (C=O) groups is 2. The number of methoxy groups -OCH3 is 2. The lowest BCUT2D eigenvalue weighted by atomic mass is 9.78.